The highest BCUT2D eigenvalue weighted by Gasteiger charge is 2.07. The quantitative estimate of drug-likeness (QED) is 0.179. The number of hydrogen-bond donors (Lipinski definition) is 4. The van der Waals surface area contributed by atoms with Gasteiger partial charge in [-0.05, 0) is 42.2 Å². The molecule has 4 N–H and O–H groups in total. The lowest BCUT2D eigenvalue weighted by Crippen LogP contribution is -2.37. The maximum atomic E-state index is 4.33. The molecule has 0 unspecified atom stereocenters. The Bertz CT molecular complexity index is 1120. The standard InChI is InChI=1S/C22H25N7.HI/c1-15-5-3-8-19-20(15)18(13-25-19)9-10-24-22(23-2)26-12-16-6-4-7-17(11-16)21-27-14-28-29-21;/h3-8,11,13-14,25H,9-10,12H2,1-2H3,(H2,23,24,26)(H,27,28,29);1H. The number of guanidine groups is 1. The van der Waals surface area contributed by atoms with Crippen LogP contribution in [0.1, 0.15) is 16.7 Å². The number of halogens is 1. The number of nitrogens with zero attached hydrogens (tertiary/aromatic N) is 3. The van der Waals surface area contributed by atoms with Gasteiger partial charge in [0.05, 0.1) is 0 Å². The van der Waals surface area contributed by atoms with Crippen LogP contribution < -0.4 is 10.6 Å². The summed E-state index contributed by atoms with van der Waals surface area (Å²) in [6, 6.07) is 14.6. The molecule has 4 rings (SSSR count). The molecular weight excluding hydrogens is 489 g/mol. The zero-order chi connectivity index (χ0) is 20.1. The van der Waals surface area contributed by atoms with E-state index in [2.05, 4.69) is 79.2 Å². The second-order valence-corrected chi connectivity index (χ2v) is 6.95. The summed E-state index contributed by atoms with van der Waals surface area (Å²) in [4.78, 5) is 11.9. The summed E-state index contributed by atoms with van der Waals surface area (Å²) in [5.74, 6) is 1.55. The summed E-state index contributed by atoms with van der Waals surface area (Å²) in [6.07, 6.45) is 4.54. The summed E-state index contributed by atoms with van der Waals surface area (Å²) in [5.41, 5.74) is 5.97. The molecule has 0 saturated heterocycles. The largest absolute Gasteiger partial charge is 0.361 e. The van der Waals surface area contributed by atoms with Crippen LogP contribution in [0.4, 0.5) is 0 Å². The van der Waals surface area contributed by atoms with Crippen molar-refractivity contribution in [2.24, 2.45) is 4.99 Å². The average Bonchev–Trinajstić information content (AvgIpc) is 3.42. The summed E-state index contributed by atoms with van der Waals surface area (Å²) < 4.78 is 0. The third-order valence-corrected chi connectivity index (χ3v) is 4.98. The second kappa shape index (κ2) is 10.2. The van der Waals surface area contributed by atoms with E-state index in [0.29, 0.717) is 6.54 Å². The average molecular weight is 515 g/mol. The first-order valence-corrected chi connectivity index (χ1v) is 9.69. The smallest absolute Gasteiger partial charge is 0.191 e. The zero-order valence-electron chi connectivity index (χ0n) is 17.1. The summed E-state index contributed by atoms with van der Waals surface area (Å²) in [7, 11) is 1.79. The minimum absolute atomic E-state index is 0. The first-order valence-electron chi connectivity index (χ1n) is 9.69. The molecule has 30 heavy (non-hydrogen) atoms. The van der Waals surface area contributed by atoms with E-state index in [4.69, 9.17) is 0 Å². The predicted octanol–water partition coefficient (Wildman–Crippen LogP) is 3.79. The van der Waals surface area contributed by atoms with Crippen molar-refractivity contribution < 1.29 is 0 Å². The summed E-state index contributed by atoms with van der Waals surface area (Å²) in [6.45, 7) is 3.63. The Labute approximate surface area is 192 Å². The molecule has 0 radical (unpaired) electrons. The number of aromatic nitrogens is 4. The number of hydrogen-bond acceptors (Lipinski definition) is 3. The lowest BCUT2D eigenvalue weighted by molar-refractivity contribution is 0.796. The Morgan fingerprint density at radius 3 is 2.80 bits per heavy atom. The van der Waals surface area contributed by atoms with Gasteiger partial charge in [-0.15, -0.1) is 24.0 Å². The molecule has 156 valence electrons. The van der Waals surface area contributed by atoms with Gasteiger partial charge in [0.25, 0.3) is 0 Å². The molecule has 0 aliphatic heterocycles. The molecule has 0 bridgehead atoms. The lowest BCUT2D eigenvalue weighted by atomic mass is 10.1. The highest BCUT2D eigenvalue weighted by atomic mass is 127. The number of nitrogens with one attached hydrogen (secondary N) is 4. The van der Waals surface area contributed by atoms with E-state index in [0.717, 1.165) is 35.9 Å². The van der Waals surface area contributed by atoms with E-state index in [1.54, 1.807) is 7.05 Å². The van der Waals surface area contributed by atoms with Gasteiger partial charge in [-0.25, -0.2) is 4.98 Å². The van der Waals surface area contributed by atoms with E-state index in [1.165, 1.54) is 28.4 Å². The Hall–Kier alpha value is -2.88. The SMILES string of the molecule is CN=C(NCCc1c[nH]c2cccc(C)c12)NCc1cccc(-c2ncn[nH]2)c1.I. The van der Waals surface area contributed by atoms with Gasteiger partial charge in [-0.2, -0.15) is 5.10 Å². The van der Waals surface area contributed by atoms with Crippen LogP contribution in [0, 0.1) is 6.92 Å². The number of benzene rings is 2. The highest BCUT2D eigenvalue weighted by Crippen LogP contribution is 2.22. The molecule has 2 heterocycles. The van der Waals surface area contributed by atoms with Gasteiger partial charge in [0, 0.05) is 42.8 Å². The molecular formula is C22H26IN7. The molecule has 4 aromatic rings. The Kier molecular flexibility index (Phi) is 7.45. The van der Waals surface area contributed by atoms with E-state index in [-0.39, 0.29) is 24.0 Å². The third kappa shape index (κ3) is 4.99. The maximum Gasteiger partial charge on any atom is 0.191 e. The van der Waals surface area contributed by atoms with Gasteiger partial charge in [-0.1, -0.05) is 30.3 Å². The van der Waals surface area contributed by atoms with Crippen molar-refractivity contribution in [1.29, 1.82) is 0 Å². The van der Waals surface area contributed by atoms with Crippen molar-refractivity contribution in [1.82, 2.24) is 30.8 Å². The minimum atomic E-state index is 0. The maximum absolute atomic E-state index is 4.33. The van der Waals surface area contributed by atoms with Crippen LogP contribution in [0.3, 0.4) is 0 Å². The fourth-order valence-corrected chi connectivity index (χ4v) is 3.54. The molecule has 0 atom stereocenters. The number of aryl methyl sites for hydroxylation is 1. The molecule has 7 nitrogen and oxygen atoms in total. The second-order valence-electron chi connectivity index (χ2n) is 6.95. The molecule has 0 aliphatic carbocycles. The van der Waals surface area contributed by atoms with E-state index < -0.39 is 0 Å². The van der Waals surface area contributed by atoms with Gasteiger partial charge < -0.3 is 15.6 Å². The lowest BCUT2D eigenvalue weighted by Gasteiger charge is -2.12. The summed E-state index contributed by atoms with van der Waals surface area (Å²) in [5, 5.41) is 14.9. The van der Waals surface area contributed by atoms with E-state index >= 15 is 0 Å². The van der Waals surface area contributed by atoms with Gasteiger partial charge >= 0.3 is 0 Å². The van der Waals surface area contributed by atoms with Crippen molar-refractivity contribution in [3.05, 3.63) is 71.7 Å². The van der Waals surface area contributed by atoms with Crippen molar-refractivity contribution in [2.45, 2.75) is 19.9 Å². The van der Waals surface area contributed by atoms with Crippen molar-refractivity contribution in [2.75, 3.05) is 13.6 Å². The Morgan fingerprint density at radius 2 is 2.00 bits per heavy atom. The predicted molar refractivity (Wildman–Crippen MR) is 132 cm³/mol. The van der Waals surface area contributed by atoms with E-state index in [9.17, 15) is 0 Å². The molecule has 0 spiro atoms. The molecule has 0 fully saturated rings. The first kappa shape index (κ1) is 21.8. The van der Waals surface area contributed by atoms with Gasteiger partial charge in [0.1, 0.15) is 6.33 Å². The number of rotatable bonds is 6. The third-order valence-electron chi connectivity index (χ3n) is 4.98. The monoisotopic (exact) mass is 515 g/mol. The normalized spacial score (nSPS) is 11.3. The van der Waals surface area contributed by atoms with Crippen LogP contribution in [0.15, 0.2) is 60.0 Å². The molecule has 2 aromatic heterocycles. The van der Waals surface area contributed by atoms with Crippen LogP contribution >= 0.6 is 24.0 Å². The van der Waals surface area contributed by atoms with Crippen LogP contribution in [0.2, 0.25) is 0 Å². The van der Waals surface area contributed by atoms with Gasteiger partial charge in [-0.3, -0.25) is 10.1 Å². The molecule has 0 amide bonds. The highest BCUT2D eigenvalue weighted by molar-refractivity contribution is 14.0. The van der Waals surface area contributed by atoms with Crippen LogP contribution in [-0.2, 0) is 13.0 Å². The fourth-order valence-electron chi connectivity index (χ4n) is 3.54. The molecule has 2 aromatic carbocycles. The minimum Gasteiger partial charge on any atom is -0.361 e. The topological polar surface area (TPSA) is 93.8 Å². The van der Waals surface area contributed by atoms with Gasteiger partial charge in [0.2, 0.25) is 0 Å². The van der Waals surface area contributed by atoms with E-state index in [1.807, 2.05) is 12.1 Å². The van der Waals surface area contributed by atoms with Crippen molar-refractivity contribution in [3.63, 3.8) is 0 Å². The van der Waals surface area contributed by atoms with Crippen LogP contribution in [0.5, 0.6) is 0 Å². The Balaban J connectivity index is 0.00000256. The molecule has 0 saturated carbocycles. The number of fused-ring (bicyclic) bond motifs is 1. The zero-order valence-corrected chi connectivity index (χ0v) is 19.4. The summed E-state index contributed by atoms with van der Waals surface area (Å²) >= 11 is 0. The van der Waals surface area contributed by atoms with Crippen LogP contribution in [-0.4, -0.2) is 39.7 Å². The fraction of sp³-hybridized carbons (Fsp3) is 0.227. The Morgan fingerprint density at radius 1 is 1.13 bits per heavy atom. The number of aromatic amines is 2. The number of H-pyrrole nitrogens is 2. The van der Waals surface area contributed by atoms with Crippen molar-refractivity contribution in [3.8, 4) is 11.4 Å². The van der Waals surface area contributed by atoms with Crippen LogP contribution in [0.25, 0.3) is 22.3 Å². The molecule has 0 aliphatic rings. The first-order chi connectivity index (χ1) is 14.2. The van der Waals surface area contributed by atoms with Crippen molar-refractivity contribution >= 4 is 40.8 Å². The molecule has 8 heteroatoms. The van der Waals surface area contributed by atoms with Gasteiger partial charge in [0.15, 0.2) is 11.8 Å². The number of aliphatic imine (C=N–C) groups is 1.